The van der Waals surface area contributed by atoms with E-state index >= 15 is 0 Å². The average Bonchev–Trinajstić information content (AvgIpc) is 3.44. The van der Waals surface area contributed by atoms with Crippen LogP contribution in [-0.2, 0) is 11.3 Å². The SMILES string of the molecule is O=C(CC1CC2CCC1C2)N(Cc1cccs1)c1ccc2c(c1)OCCO2. The van der Waals surface area contributed by atoms with Gasteiger partial charge in [0.05, 0.1) is 6.54 Å². The largest absolute Gasteiger partial charge is 0.486 e. The number of carbonyl (C=O) groups excluding carboxylic acids is 1. The van der Waals surface area contributed by atoms with Gasteiger partial charge in [0.15, 0.2) is 11.5 Å². The molecule has 0 spiro atoms. The Kier molecular flexibility index (Phi) is 4.56. The van der Waals surface area contributed by atoms with Gasteiger partial charge in [-0.1, -0.05) is 12.5 Å². The molecule has 0 radical (unpaired) electrons. The number of rotatable bonds is 5. The molecule has 2 heterocycles. The fourth-order valence-corrected chi connectivity index (χ4v) is 5.74. The van der Waals surface area contributed by atoms with Gasteiger partial charge in [0.2, 0.25) is 5.91 Å². The van der Waals surface area contributed by atoms with Crippen LogP contribution in [0.1, 0.15) is 37.0 Å². The fourth-order valence-electron chi connectivity index (χ4n) is 5.04. The number of fused-ring (bicyclic) bond motifs is 3. The fraction of sp³-hybridized carbons (Fsp3) is 0.500. The Morgan fingerprint density at radius 2 is 2.00 bits per heavy atom. The summed E-state index contributed by atoms with van der Waals surface area (Å²) in [4.78, 5) is 16.5. The Morgan fingerprint density at radius 1 is 1.11 bits per heavy atom. The molecule has 5 rings (SSSR count). The number of amides is 1. The van der Waals surface area contributed by atoms with Gasteiger partial charge in [-0.25, -0.2) is 0 Å². The van der Waals surface area contributed by atoms with Crippen molar-refractivity contribution in [1.29, 1.82) is 0 Å². The van der Waals surface area contributed by atoms with Crippen LogP contribution in [0.4, 0.5) is 5.69 Å². The summed E-state index contributed by atoms with van der Waals surface area (Å²) < 4.78 is 11.4. The van der Waals surface area contributed by atoms with Crippen LogP contribution >= 0.6 is 11.3 Å². The molecule has 1 aromatic carbocycles. The van der Waals surface area contributed by atoms with E-state index in [0.717, 1.165) is 29.0 Å². The second-order valence-electron chi connectivity index (χ2n) is 8.03. The first-order valence-corrected chi connectivity index (χ1v) is 10.9. The van der Waals surface area contributed by atoms with Gasteiger partial charge in [0.25, 0.3) is 0 Å². The van der Waals surface area contributed by atoms with E-state index in [2.05, 4.69) is 11.4 Å². The molecule has 1 aromatic heterocycles. The van der Waals surface area contributed by atoms with E-state index in [-0.39, 0.29) is 5.91 Å². The number of anilines is 1. The number of ether oxygens (including phenoxy) is 2. The van der Waals surface area contributed by atoms with Crippen molar-refractivity contribution < 1.29 is 14.3 Å². The Bertz CT molecular complexity index is 819. The molecule has 2 aromatic rings. The quantitative estimate of drug-likeness (QED) is 0.739. The van der Waals surface area contributed by atoms with E-state index < -0.39 is 0 Å². The van der Waals surface area contributed by atoms with E-state index in [1.165, 1.54) is 30.6 Å². The lowest BCUT2D eigenvalue weighted by atomic mass is 9.86. The summed E-state index contributed by atoms with van der Waals surface area (Å²) in [5.41, 5.74) is 0.904. The first kappa shape index (κ1) is 17.1. The zero-order valence-electron chi connectivity index (χ0n) is 15.4. The summed E-state index contributed by atoms with van der Waals surface area (Å²) in [5, 5.41) is 2.07. The summed E-state index contributed by atoms with van der Waals surface area (Å²) in [6.07, 6.45) is 5.94. The summed E-state index contributed by atoms with van der Waals surface area (Å²) >= 11 is 1.70. The van der Waals surface area contributed by atoms with Crippen molar-refractivity contribution >= 4 is 22.9 Å². The van der Waals surface area contributed by atoms with Crippen LogP contribution in [0.5, 0.6) is 11.5 Å². The van der Waals surface area contributed by atoms with Crippen molar-refractivity contribution in [2.45, 2.75) is 38.6 Å². The molecule has 3 aliphatic rings. The van der Waals surface area contributed by atoms with Crippen LogP contribution in [0.2, 0.25) is 0 Å². The minimum absolute atomic E-state index is 0.234. The van der Waals surface area contributed by atoms with E-state index in [1.54, 1.807) is 11.3 Å². The maximum absolute atomic E-state index is 13.3. The van der Waals surface area contributed by atoms with Crippen LogP contribution in [0, 0.1) is 17.8 Å². The molecule has 27 heavy (non-hydrogen) atoms. The first-order valence-electron chi connectivity index (χ1n) is 9.98. The van der Waals surface area contributed by atoms with Crippen molar-refractivity contribution in [1.82, 2.24) is 0 Å². The molecule has 0 saturated heterocycles. The molecule has 1 aliphatic heterocycles. The highest BCUT2D eigenvalue weighted by atomic mass is 32.1. The van der Waals surface area contributed by atoms with Crippen LogP contribution in [0.15, 0.2) is 35.7 Å². The van der Waals surface area contributed by atoms with Gasteiger partial charge in [-0.15, -0.1) is 11.3 Å². The van der Waals surface area contributed by atoms with Crippen LogP contribution in [0.25, 0.3) is 0 Å². The second-order valence-corrected chi connectivity index (χ2v) is 9.06. The molecule has 142 valence electrons. The van der Waals surface area contributed by atoms with E-state index in [4.69, 9.17) is 9.47 Å². The molecule has 2 fully saturated rings. The van der Waals surface area contributed by atoms with Crippen molar-refractivity contribution in [2.75, 3.05) is 18.1 Å². The first-order chi connectivity index (χ1) is 13.3. The number of benzene rings is 1. The highest BCUT2D eigenvalue weighted by Crippen LogP contribution is 2.50. The topological polar surface area (TPSA) is 38.8 Å². The number of carbonyl (C=O) groups is 1. The smallest absolute Gasteiger partial charge is 0.227 e. The molecule has 1 amide bonds. The summed E-state index contributed by atoms with van der Waals surface area (Å²) in [6, 6.07) is 10.0. The Labute approximate surface area is 164 Å². The molecule has 2 bridgehead atoms. The molecule has 2 aliphatic carbocycles. The van der Waals surface area contributed by atoms with Crippen LogP contribution < -0.4 is 14.4 Å². The van der Waals surface area contributed by atoms with Gasteiger partial charge in [-0.3, -0.25) is 4.79 Å². The van der Waals surface area contributed by atoms with Gasteiger partial charge in [0.1, 0.15) is 13.2 Å². The van der Waals surface area contributed by atoms with Gasteiger partial charge < -0.3 is 14.4 Å². The maximum atomic E-state index is 13.3. The monoisotopic (exact) mass is 383 g/mol. The maximum Gasteiger partial charge on any atom is 0.227 e. The van der Waals surface area contributed by atoms with Crippen molar-refractivity contribution in [3.8, 4) is 11.5 Å². The van der Waals surface area contributed by atoms with Gasteiger partial charge in [0, 0.05) is 23.1 Å². The van der Waals surface area contributed by atoms with E-state index in [9.17, 15) is 4.79 Å². The number of hydrogen-bond acceptors (Lipinski definition) is 4. The average molecular weight is 384 g/mol. The molecule has 3 unspecified atom stereocenters. The second kappa shape index (κ2) is 7.19. The third kappa shape index (κ3) is 3.45. The van der Waals surface area contributed by atoms with Gasteiger partial charge in [-0.05, 0) is 60.6 Å². The van der Waals surface area contributed by atoms with Crippen LogP contribution in [-0.4, -0.2) is 19.1 Å². The van der Waals surface area contributed by atoms with Crippen molar-refractivity contribution in [3.05, 3.63) is 40.6 Å². The molecular weight excluding hydrogens is 358 g/mol. The van der Waals surface area contributed by atoms with Crippen molar-refractivity contribution in [2.24, 2.45) is 17.8 Å². The van der Waals surface area contributed by atoms with Crippen LogP contribution in [0.3, 0.4) is 0 Å². The Balaban J connectivity index is 1.39. The molecule has 4 nitrogen and oxygen atoms in total. The Hall–Kier alpha value is -2.01. The molecular formula is C22H25NO3S. The highest BCUT2D eigenvalue weighted by molar-refractivity contribution is 7.09. The zero-order valence-corrected chi connectivity index (χ0v) is 16.2. The molecule has 3 atom stereocenters. The normalized spacial score (nSPS) is 25.6. The predicted octanol–water partition coefficient (Wildman–Crippen LogP) is 4.88. The minimum atomic E-state index is 0.234. The minimum Gasteiger partial charge on any atom is -0.486 e. The number of thiophene rings is 1. The lowest BCUT2D eigenvalue weighted by molar-refractivity contribution is -0.120. The lowest BCUT2D eigenvalue weighted by Gasteiger charge is -2.28. The third-order valence-electron chi connectivity index (χ3n) is 6.35. The zero-order chi connectivity index (χ0) is 18.2. The van der Waals surface area contributed by atoms with E-state index in [1.807, 2.05) is 29.2 Å². The standard InChI is InChI=1S/C22H25NO3S/c24-22(12-17-11-15-3-4-16(17)10-15)23(14-19-2-1-9-27-19)18-5-6-20-21(13-18)26-8-7-25-20/h1-2,5-6,9,13,15-17H,3-4,7-8,10-12,14H2. The third-order valence-corrected chi connectivity index (χ3v) is 7.22. The summed E-state index contributed by atoms with van der Waals surface area (Å²) in [5.74, 6) is 3.94. The predicted molar refractivity (Wildman–Crippen MR) is 106 cm³/mol. The Morgan fingerprint density at radius 3 is 2.74 bits per heavy atom. The number of hydrogen-bond donors (Lipinski definition) is 0. The lowest BCUT2D eigenvalue weighted by Crippen LogP contribution is -2.32. The summed E-state index contributed by atoms with van der Waals surface area (Å²) in [6.45, 7) is 1.76. The highest BCUT2D eigenvalue weighted by Gasteiger charge is 2.40. The van der Waals surface area contributed by atoms with Crippen molar-refractivity contribution in [3.63, 3.8) is 0 Å². The summed E-state index contributed by atoms with van der Waals surface area (Å²) in [7, 11) is 0. The van der Waals surface area contributed by atoms with Gasteiger partial charge in [-0.2, -0.15) is 0 Å². The number of nitrogens with zero attached hydrogens (tertiary/aromatic N) is 1. The molecule has 5 heteroatoms. The molecule has 0 N–H and O–H groups in total. The van der Waals surface area contributed by atoms with Gasteiger partial charge >= 0.3 is 0 Å². The molecule has 2 saturated carbocycles. The van der Waals surface area contributed by atoms with E-state index in [0.29, 0.717) is 32.1 Å².